The molecule has 0 fully saturated rings. The molecule has 68 valence electrons. The van der Waals surface area contributed by atoms with Gasteiger partial charge in [0.25, 0.3) is 0 Å². The maximum atomic E-state index is 12.7. The van der Waals surface area contributed by atoms with E-state index in [2.05, 4.69) is 0 Å². The number of carbonyl (C=O) groups excluding carboxylic acids is 1. The van der Waals surface area contributed by atoms with Crippen LogP contribution in [-0.2, 0) is 4.79 Å². The van der Waals surface area contributed by atoms with Gasteiger partial charge >= 0.3 is 0 Å². The van der Waals surface area contributed by atoms with Gasteiger partial charge in [-0.25, -0.2) is 4.39 Å². The molecule has 0 spiro atoms. The molecule has 1 aliphatic heterocycles. The minimum Gasteiger partial charge on any atom is -0.368 e. The fourth-order valence-electron chi connectivity index (χ4n) is 1.24. The summed E-state index contributed by atoms with van der Waals surface area (Å²) in [5, 5.41) is 0. The molecule has 0 aromatic rings. The Labute approximate surface area is 71.0 Å². The monoisotopic (exact) mass is 172 g/mol. The van der Waals surface area contributed by atoms with Gasteiger partial charge in [0.2, 0.25) is 5.91 Å². The standard InChI is InChI=1S/C8H13FN2O/c1-6(8(10)12)11-4-2-3-7(9)5-11/h3,6H,2,4-5H2,1H3,(H2,10,12). The summed E-state index contributed by atoms with van der Waals surface area (Å²) >= 11 is 0. The second-order valence-corrected chi connectivity index (χ2v) is 2.99. The van der Waals surface area contributed by atoms with Gasteiger partial charge in [0.15, 0.2) is 0 Å². The third kappa shape index (κ3) is 2.04. The lowest BCUT2D eigenvalue weighted by Gasteiger charge is -2.28. The molecule has 12 heavy (non-hydrogen) atoms. The zero-order chi connectivity index (χ0) is 9.14. The number of hydrogen-bond donors (Lipinski definition) is 1. The summed E-state index contributed by atoms with van der Waals surface area (Å²) in [5.74, 6) is -0.570. The molecule has 0 saturated heterocycles. The van der Waals surface area contributed by atoms with E-state index in [1.807, 2.05) is 0 Å². The molecule has 1 heterocycles. The molecule has 1 unspecified atom stereocenters. The molecular formula is C8H13FN2O. The van der Waals surface area contributed by atoms with Crippen molar-refractivity contribution in [3.63, 3.8) is 0 Å². The van der Waals surface area contributed by atoms with Gasteiger partial charge in [-0.15, -0.1) is 0 Å². The number of primary amides is 1. The Morgan fingerprint density at radius 1 is 1.83 bits per heavy atom. The van der Waals surface area contributed by atoms with Crippen molar-refractivity contribution in [2.45, 2.75) is 19.4 Å². The largest absolute Gasteiger partial charge is 0.368 e. The van der Waals surface area contributed by atoms with Crippen LogP contribution in [0.5, 0.6) is 0 Å². The maximum Gasteiger partial charge on any atom is 0.234 e. The fourth-order valence-corrected chi connectivity index (χ4v) is 1.24. The van der Waals surface area contributed by atoms with Gasteiger partial charge in [0, 0.05) is 6.54 Å². The van der Waals surface area contributed by atoms with Crippen LogP contribution in [0.3, 0.4) is 0 Å². The van der Waals surface area contributed by atoms with Crippen molar-refractivity contribution in [2.24, 2.45) is 5.73 Å². The maximum absolute atomic E-state index is 12.7. The van der Waals surface area contributed by atoms with E-state index in [1.165, 1.54) is 0 Å². The van der Waals surface area contributed by atoms with E-state index in [0.29, 0.717) is 13.0 Å². The van der Waals surface area contributed by atoms with E-state index < -0.39 is 5.91 Å². The lowest BCUT2D eigenvalue weighted by atomic mass is 10.2. The summed E-state index contributed by atoms with van der Waals surface area (Å²) in [5.41, 5.74) is 5.09. The number of amides is 1. The average molecular weight is 172 g/mol. The SMILES string of the molecule is CC(C(N)=O)N1CCC=C(F)C1. The van der Waals surface area contributed by atoms with Crippen molar-refractivity contribution in [3.8, 4) is 0 Å². The van der Waals surface area contributed by atoms with Gasteiger partial charge in [-0.2, -0.15) is 0 Å². The Bertz CT molecular complexity index is 215. The van der Waals surface area contributed by atoms with E-state index >= 15 is 0 Å². The highest BCUT2D eigenvalue weighted by molar-refractivity contribution is 5.79. The minimum absolute atomic E-state index is 0.172. The summed E-state index contributed by atoms with van der Waals surface area (Å²) in [4.78, 5) is 12.5. The first-order valence-corrected chi connectivity index (χ1v) is 3.99. The third-order valence-corrected chi connectivity index (χ3v) is 2.10. The summed E-state index contributed by atoms with van der Waals surface area (Å²) in [6.45, 7) is 2.61. The first kappa shape index (κ1) is 9.19. The Morgan fingerprint density at radius 2 is 2.50 bits per heavy atom. The molecule has 0 aromatic heterocycles. The molecule has 1 atom stereocenters. The van der Waals surface area contributed by atoms with Crippen molar-refractivity contribution in [1.82, 2.24) is 4.90 Å². The Kier molecular flexibility index (Phi) is 2.81. The van der Waals surface area contributed by atoms with Crippen molar-refractivity contribution in [1.29, 1.82) is 0 Å². The molecule has 1 rings (SSSR count). The van der Waals surface area contributed by atoms with Crippen molar-refractivity contribution < 1.29 is 9.18 Å². The molecule has 4 heteroatoms. The Balaban J connectivity index is 2.54. The predicted octanol–water partition coefficient (Wildman–Crippen LogP) is 0.419. The summed E-state index contributed by atoms with van der Waals surface area (Å²) in [7, 11) is 0. The van der Waals surface area contributed by atoms with Crippen molar-refractivity contribution >= 4 is 5.91 Å². The van der Waals surface area contributed by atoms with Gasteiger partial charge in [-0.3, -0.25) is 9.69 Å². The predicted molar refractivity (Wildman–Crippen MR) is 44.0 cm³/mol. The number of nitrogens with zero attached hydrogens (tertiary/aromatic N) is 1. The van der Waals surface area contributed by atoms with Crippen LogP contribution in [0.15, 0.2) is 11.9 Å². The number of carbonyl (C=O) groups is 1. The van der Waals surface area contributed by atoms with E-state index in [-0.39, 0.29) is 18.4 Å². The van der Waals surface area contributed by atoms with E-state index in [4.69, 9.17) is 5.73 Å². The van der Waals surface area contributed by atoms with Crippen molar-refractivity contribution in [2.75, 3.05) is 13.1 Å². The number of hydrogen-bond acceptors (Lipinski definition) is 2. The smallest absolute Gasteiger partial charge is 0.234 e. The molecule has 0 aliphatic carbocycles. The van der Waals surface area contributed by atoms with Gasteiger partial charge in [-0.1, -0.05) is 6.08 Å². The second-order valence-electron chi connectivity index (χ2n) is 2.99. The highest BCUT2D eigenvalue weighted by Crippen LogP contribution is 2.12. The van der Waals surface area contributed by atoms with Gasteiger partial charge in [0.1, 0.15) is 5.83 Å². The third-order valence-electron chi connectivity index (χ3n) is 2.10. The molecule has 1 aliphatic rings. The van der Waals surface area contributed by atoms with Gasteiger partial charge in [0.05, 0.1) is 12.6 Å². The lowest BCUT2D eigenvalue weighted by Crippen LogP contribution is -2.44. The van der Waals surface area contributed by atoms with Crippen LogP contribution >= 0.6 is 0 Å². The van der Waals surface area contributed by atoms with Crippen LogP contribution in [0.2, 0.25) is 0 Å². The molecule has 0 aromatic carbocycles. The summed E-state index contributed by atoms with van der Waals surface area (Å²) < 4.78 is 12.7. The van der Waals surface area contributed by atoms with Gasteiger partial charge < -0.3 is 5.73 Å². The van der Waals surface area contributed by atoms with E-state index in [1.54, 1.807) is 17.9 Å². The number of rotatable bonds is 2. The van der Waals surface area contributed by atoms with Crippen LogP contribution < -0.4 is 5.73 Å². The Morgan fingerprint density at radius 3 is 3.00 bits per heavy atom. The molecule has 0 saturated carbocycles. The quantitative estimate of drug-likeness (QED) is 0.656. The van der Waals surface area contributed by atoms with Crippen LogP contribution in [0.25, 0.3) is 0 Å². The molecule has 2 N–H and O–H groups in total. The Hall–Kier alpha value is -0.900. The summed E-state index contributed by atoms with van der Waals surface area (Å²) in [6, 6.07) is -0.371. The molecule has 0 radical (unpaired) electrons. The topological polar surface area (TPSA) is 46.3 Å². The van der Waals surface area contributed by atoms with E-state index in [0.717, 1.165) is 0 Å². The van der Waals surface area contributed by atoms with E-state index in [9.17, 15) is 9.18 Å². The highest BCUT2D eigenvalue weighted by Gasteiger charge is 2.21. The molecule has 0 bridgehead atoms. The first-order valence-electron chi connectivity index (χ1n) is 3.99. The zero-order valence-electron chi connectivity index (χ0n) is 7.09. The fraction of sp³-hybridized carbons (Fsp3) is 0.625. The van der Waals surface area contributed by atoms with Crippen LogP contribution in [0, 0.1) is 0 Å². The number of halogens is 1. The zero-order valence-corrected chi connectivity index (χ0v) is 7.09. The normalized spacial score (nSPS) is 21.7. The number of nitrogens with two attached hydrogens (primary N) is 1. The average Bonchev–Trinajstić information content (AvgIpc) is 2.03. The second kappa shape index (κ2) is 3.67. The minimum atomic E-state index is -0.398. The molecular weight excluding hydrogens is 159 g/mol. The first-order chi connectivity index (χ1) is 5.61. The van der Waals surface area contributed by atoms with Crippen LogP contribution in [-0.4, -0.2) is 29.9 Å². The summed E-state index contributed by atoms with van der Waals surface area (Å²) in [6.07, 6.45) is 2.20. The molecule has 1 amide bonds. The lowest BCUT2D eigenvalue weighted by molar-refractivity contribution is -0.122. The highest BCUT2D eigenvalue weighted by atomic mass is 19.1. The van der Waals surface area contributed by atoms with Gasteiger partial charge in [-0.05, 0) is 13.3 Å². The van der Waals surface area contributed by atoms with Crippen molar-refractivity contribution in [3.05, 3.63) is 11.9 Å². The molecule has 3 nitrogen and oxygen atoms in total. The van der Waals surface area contributed by atoms with Crippen LogP contribution in [0.4, 0.5) is 4.39 Å². The van der Waals surface area contributed by atoms with Crippen LogP contribution in [0.1, 0.15) is 13.3 Å².